The molecule has 0 spiro atoms. The van der Waals surface area contributed by atoms with Gasteiger partial charge in [0.1, 0.15) is 5.82 Å². The minimum Gasteiger partial charge on any atom is -0.351 e. The number of hydrogen-bond acceptors (Lipinski definition) is 7. The third-order valence-corrected chi connectivity index (χ3v) is 5.29. The van der Waals surface area contributed by atoms with Gasteiger partial charge < -0.3 is 11.1 Å². The molecule has 10 heteroatoms. The molecule has 0 aliphatic heterocycles. The molecule has 1 aromatic heterocycles. The summed E-state index contributed by atoms with van der Waals surface area (Å²) in [4.78, 5) is 22.8. The third kappa shape index (κ3) is 5.17. The van der Waals surface area contributed by atoms with Gasteiger partial charge in [0.2, 0.25) is 11.0 Å². The van der Waals surface area contributed by atoms with E-state index in [1.54, 1.807) is 12.1 Å². The van der Waals surface area contributed by atoms with Gasteiger partial charge >= 0.3 is 6.03 Å². The van der Waals surface area contributed by atoms with E-state index in [1.165, 1.54) is 35.2 Å². The van der Waals surface area contributed by atoms with Crippen LogP contribution in [-0.4, -0.2) is 27.4 Å². The van der Waals surface area contributed by atoms with Gasteiger partial charge in [-0.2, -0.15) is 0 Å². The highest BCUT2D eigenvalue weighted by Gasteiger charge is 2.26. The average Bonchev–Trinajstić information content (AvgIpc) is 2.91. The largest absolute Gasteiger partial charge is 0.351 e. The van der Waals surface area contributed by atoms with Crippen molar-refractivity contribution < 1.29 is 14.0 Å². The molecule has 0 unspecified atom stereocenters. The number of nitrogens with two attached hydrogens (primary N) is 1. The number of benzene rings is 1. The number of nitrogens with one attached hydrogen (secondary N) is 2. The van der Waals surface area contributed by atoms with Crippen LogP contribution in [0.5, 0.6) is 0 Å². The van der Waals surface area contributed by atoms with E-state index in [0.717, 1.165) is 0 Å². The van der Waals surface area contributed by atoms with E-state index < -0.39 is 17.2 Å². The maximum Gasteiger partial charge on any atom is 0.318 e. The van der Waals surface area contributed by atoms with Crippen LogP contribution in [0.4, 0.5) is 20.0 Å². The summed E-state index contributed by atoms with van der Waals surface area (Å²) < 4.78 is 13.7. The van der Waals surface area contributed by atoms with E-state index in [2.05, 4.69) is 20.8 Å². The summed E-state index contributed by atoms with van der Waals surface area (Å²) in [5, 5.41) is 12.9. The zero-order chi connectivity index (χ0) is 17.7. The number of rotatable bonds is 6. The summed E-state index contributed by atoms with van der Waals surface area (Å²) in [6.07, 6.45) is 0. The molecule has 1 heterocycles. The van der Waals surface area contributed by atoms with Gasteiger partial charge in [0.15, 0.2) is 4.34 Å². The molecule has 4 N–H and O–H groups in total. The van der Waals surface area contributed by atoms with Crippen LogP contribution in [0.2, 0.25) is 0 Å². The molecule has 0 saturated heterocycles. The minimum atomic E-state index is -0.892. The fourth-order valence-electron chi connectivity index (χ4n) is 1.79. The number of hydrogen-bond donors (Lipinski definition) is 3. The van der Waals surface area contributed by atoms with Crippen molar-refractivity contribution in [3.8, 4) is 0 Å². The predicted molar refractivity (Wildman–Crippen MR) is 91.8 cm³/mol. The average molecular weight is 369 g/mol. The van der Waals surface area contributed by atoms with E-state index in [0.29, 0.717) is 15.2 Å². The molecule has 2 aromatic rings. The molecule has 3 amide bonds. The van der Waals surface area contributed by atoms with Crippen molar-refractivity contribution in [2.75, 3.05) is 5.32 Å². The number of amides is 3. The summed E-state index contributed by atoms with van der Waals surface area (Å²) in [6, 6.07) is 5.08. The quantitative estimate of drug-likeness (QED) is 0.675. The number of carbonyl (C=O) groups is 2. The van der Waals surface area contributed by atoms with Gasteiger partial charge in [0.05, 0.1) is 5.25 Å². The molecule has 0 aliphatic rings. The smallest absolute Gasteiger partial charge is 0.318 e. The second-order valence-electron chi connectivity index (χ2n) is 5.14. The summed E-state index contributed by atoms with van der Waals surface area (Å²) in [5.41, 5.74) is 5.53. The Kier molecular flexibility index (Phi) is 6.10. The standard InChI is InChI=1S/C14H16FN5O2S2/c1-7(2)10(11(21)18-12(16)22)23-14-20-19-13(24-14)17-9-5-3-4-8(15)6-9/h3-7,10H,1-2H3,(H,17,19)(H3,16,18,21,22)/t10-/m1/s1. The first kappa shape index (κ1) is 18.1. The van der Waals surface area contributed by atoms with Gasteiger partial charge in [-0.1, -0.05) is 43.0 Å². The Morgan fingerprint density at radius 3 is 2.71 bits per heavy atom. The number of anilines is 2. The molecule has 1 atom stereocenters. The molecule has 0 saturated carbocycles. The highest BCUT2D eigenvalue weighted by atomic mass is 32.2. The number of nitrogens with zero attached hydrogens (tertiary/aromatic N) is 2. The lowest BCUT2D eigenvalue weighted by atomic mass is 10.1. The number of aromatic nitrogens is 2. The van der Waals surface area contributed by atoms with Crippen molar-refractivity contribution in [1.82, 2.24) is 15.5 Å². The Balaban J connectivity index is 2.05. The van der Waals surface area contributed by atoms with Crippen molar-refractivity contribution >= 4 is 45.9 Å². The fraction of sp³-hybridized carbons (Fsp3) is 0.286. The molecule has 128 valence electrons. The summed E-state index contributed by atoms with van der Waals surface area (Å²) in [6.45, 7) is 3.70. The predicted octanol–water partition coefficient (Wildman–Crippen LogP) is 2.73. The normalized spacial score (nSPS) is 12.0. The summed E-state index contributed by atoms with van der Waals surface area (Å²) >= 11 is 2.42. The van der Waals surface area contributed by atoms with Crippen LogP contribution < -0.4 is 16.4 Å². The molecular weight excluding hydrogens is 353 g/mol. The van der Waals surface area contributed by atoms with Gasteiger partial charge in [-0.15, -0.1) is 10.2 Å². The SMILES string of the molecule is CC(C)[C@@H](Sc1nnc(Nc2cccc(F)c2)s1)C(=O)NC(N)=O. The van der Waals surface area contributed by atoms with Crippen molar-refractivity contribution in [2.45, 2.75) is 23.4 Å². The van der Waals surface area contributed by atoms with Crippen LogP contribution in [0.1, 0.15) is 13.8 Å². The van der Waals surface area contributed by atoms with Crippen molar-refractivity contribution in [1.29, 1.82) is 0 Å². The number of carbonyl (C=O) groups excluding carboxylic acids is 2. The highest BCUT2D eigenvalue weighted by Crippen LogP contribution is 2.33. The Labute approximate surface area is 146 Å². The van der Waals surface area contributed by atoms with E-state index in [9.17, 15) is 14.0 Å². The Morgan fingerprint density at radius 2 is 2.08 bits per heavy atom. The topological polar surface area (TPSA) is 110 Å². The van der Waals surface area contributed by atoms with E-state index >= 15 is 0 Å². The number of imide groups is 1. The Hall–Kier alpha value is -2.20. The number of urea groups is 1. The van der Waals surface area contributed by atoms with Crippen LogP contribution in [0.15, 0.2) is 28.6 Å². The molecule has 24 heavy (non-hydrogen) atoms. The Morgan fingerprint density at radius 1 is 1.33 bits per heavy atom. The molecule has 2 rings (SSSR count). The van der Waals surface area contributed by atoms with Gasteiger partial charge in [-0.25, -0.2) is 9.18 Å². The van der Waals surface area contributed by atoms with Crippen LogP contribution in [0.25, 0.3) is 0 Å². The molecule has 0 bridgehead atoms. The fourth-order valence-corrected chi connectivity index (χ4v) is 3.77. The Bertz CT molecular complexity index is 737. The van der Waals surface area contributed by atoms with Gasteiger partial charge in [0.25, 0.3) is 0 Å². The maximum atomic E-state index is 13.2. The lowest BCUT2D eigenvalue weighted by Crippen LogP contribution is -2.42. The first-order valence-electron chi connectivity index (χ1n) is 6.98. The van der Waals surface area contributed by atoms with E-state index in [1.807, 2.05) is 13.8 Å². The maximum absolute atomic E-state index is 13.2. The second kappa shape index (κ2) is 8.06. The third-order valence-electron chi connectivity index (χ3n) is 2.82. The van der Waals surface area contributed by atoms with Gasteiger partial charge in [-0.3, -0.25) is 10.1 Å². The molecule has 0 radical (unpaired) electrons. The molecule has 0 aliphatic carbocycles. The van der Waals surface area contributed by atoms with Crippen molar-refractivity contribution in [3.05, 3.63) is 30.1 Å². The van der Waals surface area contributed by atoms with Crippen LogP contribution >= 0.6 is 23.1 Å². The first-order valence-corrected chi connectivity index (χ1v) is 8.68. The van der Waals surface area contributed by atoms with E-state index in [-0.39, 0.29) is 11.7 Å². The zero-order valence-electron chi connectivity index (χ0n) is 12.9. The number of halogens is 1. The first-order chi connectivity index (χ1) is 11.3. The monoisotopic (exact) mass is 369 g/mol. The van der Waals surface area contributed by atoms with Crippen LogP contribution in [0.3, 0.4) is 0 Å². The molecule has 1 aromatic carbocycles. The van der Waals surface area contributed by atoms with E-state index in [4.69, 9.17) is 5.73 Å². The van der Waals surface area contributed by atoms with Gasteiger partial charge in [-0.05, 0) is 24.1 Å². The molecule has 7 nitrogen and oxygen atoms in total. The molecular formula is C14H16FN5O2S2. The number of thioether (sulfide) groups is 1. The lowest BCUT2D eigenvalue weighted by Gasteiger charge is -2.16. The highest BCUT2D eigenvalue weighted by molar-refractivity contribution is 8.02. The lowest BCUT2D eigenvalue weighted by molar-refractivity contribution is -0.120. The second-order valence-corrected chi connectivity index (χ2v) is 7.51. The van der Waals surface area contributed by atoms with Crippen molar-refractivity contribution in [3.63, 3.8) is 0 Å². The summed E-state index contributed by atoms with van der Waals surface area (Å²) in [7, 11) is 0. The summed E-state index contributed by atoms with van der Waals surface area (Å²) in [5.74, 6) is -0.877. The zero-order valence-corrected chi connectivity index (χ0v) is 14.6. The van der Waals surface area contributed by atoms with Crippen LogP contribution in [0, 0.1) is 11.7 Å². The molecule has 0 fully saturated rings. The number of primary amides is 1. The van der Waals surface area contributed by atoms with Crippen LogP contribution in [-0.2, 0) is 4.79 Å². The van der Waals surface area contributed by atoms with Crippen molar-refractivity contribution in [2.24, 2.45) is 11.7 Å². The van der Waals surface area contributed by atoms with Gasteiger partial charge in [0, 0.05) is 5.69 Å². The minimum absolute atomic E-state index is 0.0436.